The lowest BCUT2D eigenvalue weighted by Gasteiger charge is -2.23. The van der Waals surface area contributed by atoms with Gasteiger partial charge in [0, 0.05) is 10.5 Å². The summed E-state index contributed by atoms with van der Waals surface area (Å²) in [6.45, 7) is 2.19. The Balaban J connectivity index is 2.06. The summed E-state index contributed by atoms with van der Waals surface area (Å²) in [4.78, 5) is 0. The highest BCUT2D eigenvalue weighted by Gasteiger charge is 2.33. The summed E-state index contributed by atoms with van der Waals surface area (Å²) in [5.74, 6) is 6.68. The van der Waals surface area contributed by atoms with E-state index in [1.165, 1.54) is 18.9 Å². The highest BCUT2D eigenvalue weighted by molar-refractivity contribution is 9.10. The van der Waals surface area contributed by atoms with Gasteiger partial charge in [-0.15, -0.1) is 0 Å². The second-order valence-corrected chi connectivity index (χ2v) is 5.83. The molecule has 2 unspecified atom stereocenters. The van der Waals surface area contributed by atoms with Gasteiger partial charge in [-0.25, -0.2) is 4.39 Å². The third kappa shape index (κ3) is 3.27. The van der Waals surface area contributed by atoms with Crippen LogP contribution in [0, 0.1) is 17.7 Å². The van der Waals surface area contributed by atoms with Gasteiger partial charge in [-0.05, 0) is 48.8 Å². The Morgan fingerprint density at radius 1 is 1.53 bits per heavy atom. The topological polar surface area (TPSA) is 38.0 Å². The minimum Gasteiger partial charge on any atom is -0.271 e. The molecule has 0 heterocycles. The summed E-state index contributed by atoms with van der Waals surface area (Å²) in [5, 5.41) is 0. The third-order valence-corrected chi connectivity index (χ3v) is 4.16. The first kappa shape index (κ1) is 13.0. The van der Waals surface area contributed by atoms with Gasteiger partial charge in [-0.3, -0.25) is 11.3 Å². The molecule has 0 bridgehead atoms. The molecule has 0 aromatic heterocycles. The van der Waals surface area contributed by atoms with Crippen molar-refractivity contribution in [3.63, 3.8) is 0 Å². The number of nitrogens with one attached hydrogen (secondary N) is 1. The van der Waals surface area contributed by atoms with Crippen molar-refractivity contribution in [2.45, 2.75) is 32.2 Å². The van der Waals surface area contributed by atoms with Crippen LogP contribution in [0.4, 0.5) is 4.39 Å². The van der Waals surface area contributed by atoms with Crippen LogP contribution in [0.1, 0.15) is 25.3 Å². The Morgan fingerprint density at radius 2 is 2.24 bits per heavy atom. The molecule has 2 rings (SSSR count). The SMILES string of the molecule is CC(C1CC1)C(Cc1ccc(Br)cc1F)NN. The fraction of sp³-hybridized carbons (Fsp3) is 0.538. The van der Waals surface area contributed by atoms with Gasteiger partial charge in [0.25, 0.3) is 0 Å². The molecule has 0 aliphatic heterocycles. The van der Waals surface area contributed by atoms with Crippen LogP contribution < -0.4 is 11.3 Å². The number of benzene rings is 1. The van der Waals surface area contributed by atoms with Crippen LogP contribution in [0.3, 0.4) is 0 Å². The minimum absolute atomic E-state index is 0.151. The zero-order chi connectivity index (χ0) is 12.4. The number of hydrazine groups is 1. The molecule has 1 aliphatic carbocycles. The van der Waals surface area contributed by atoms with Crippen LogP contribution in [0.15, 0.2) is 22.7 Å². The van der Waals surface area contributed by atoms with Gasteiger partial charge in [0.1, 0.15) is 5.82 Å². The fourth-order valence-corrected chi connectivity index (χ4v) is 2.60. The molecule has 2 nitrogen and oxygen atoms in total. The minimum atomic E-state index is -0.164. The Bertz CT molecular complexity index is 393. The molecule has 94 valence electrons. The standard InChI is InChI=1S/C13H18BrFN2/c1-8(9-2-3-9)13(17-16)6-10-4-5-11(14)7-12(10)15/h4-5,7-9,13,17H,2-3,6,16H2,1H3. The molecule has 0 amide bonds. The second kappa shape index (κ2) is 5.46. The summed E-state index contributed by atoms with van der Waals surface area (Å²) in [6, 6.07) is 5.35. The van der Waals surface area contributed by atoms with Crippen molar-refractivity contribution < 1.29 is 4.39 Å². The van der Waals surface area contributed by atoms with Crippen LogP contribution in [0.25, 0.3) is 0 Å². The van der Waals surface area contributed by atoms with E-state index in [0.29, 0.717) is 12.3 Å². The third-order valence-electron chi connectivity index (χ3n) is 3.67. The average Bonchev–Trinajstić information content (AvgIpc) is 3.11. The lowest BCUT2D eigenvalue weighted by Crippen LogP contribution is -2.42. The first-order valence-electron chi connectivity index (χ1n) is 6.02. The van der Waals surface area contributed by atoms with E-state index in [0.717, 1.165) is 16.0 Å². The van der Waals surface area contributed by atoms with Crippen LogP contribution in [0.5, 0.6) is 0 Å². The summed E-state index contributed by atoms with van der Waals surface area (Å²) >= 11 is 3.26. The Labute approximate surface area is 110 Å². The van der Waals surface area contributed by atoms with E-state index in [4.69, 9.17) is 5.84 Å². The van der Waals surface area contributed by atoms with E-state index in [1.807, 2.05) is 12.1 Å². The summed E-state index contributed by atoms with van der Waals surface area (Å²) in [7, 11) is 0. The van der Waals surface area contributed by atoms with Crippen LogP contribution >= 0.6 is 15.9 Å². The average molecular weight is 301 g/mol. The van der Waals surface area contributed by atoms with Gasteiger partial charge in [0.05, 0.1) is 0 Å². The van der Waals surface area contributed by atoms with Crippen molar-refractivity contribution in [3.05, 3.63) is 34.1 Å². The molecule has 0 spiro atoms. The number of hydrogen-bond acceptors (Lipinski definition) is 2. The summed E-state index contributed by atoms with van der Waals surface area (Å²) < 4.78 is 14.5. The maximum absolute atomic E-state index is 13.7. The van der Waals surface area contributed by atoms with Crippen molar-refractivity contribution in [3.8, 4) is 0 Å². The predicted molar refractivity (Wildman–Crippen MR) is 70.8 cm³/mol. The van der Waals surface area contributed by atoms with E-state index >= 15 is 0 Å². The van der Waals surface area contributed by atoms with Crippen LogP contribution in [-0.2, 0) is 6.42 Å². The Morgan fingerprint density at radius 3 is 2.76 bits per heavy atom. The molecule has 1 fully saturated rings. The molecule has 0 saturated heterocycles. The maximum Gasteiger partial charge on any atom is 0.127 e. The molecule has 4 heteroatoms. The van der Waals surface area contributed by atoms with Crippen LogP contribution in [-0.4, -0.2) is 6.04 Å². The zero-order valence-electron chi connectivity index (χ0n) is 9.92. The van der Waals surface area contributed by atoms with Gasteiger partial charge < -0.3 is 0 Å². The molecule has 1 aliphatic rings. The van der Waals surface area contributed by atoms with E-state index in [9.17, 15) is 4.39 Å². The highest BCUT2D eigenvalue weighted by atomic mass is 79.9. The van der Waals surface area contributed by atoms with Crippen molar-refractivity contribution >= 4 is 15.9 Å². The first-order chi connectivity index (χ1) is 8.11. The quantitative estimate of drug-likeness (QED) is 0.648. The molecule has 1 aromatic carbocycles. The fourth-order valence-electron chi connectivity index (χ4n) is 2.27. The molecule has 1 aromatic rings. The van der Waals surface area contributed by atoms with Gasteiger partial charge >= 0.3 is 0 Å². The Hall–Kier alpha value is -0.450. The highest BCUT2D eigenvalue weighted by Crippen LogP contribution is 2.38. The number of rotatable bonds is 5. The van der Waals surface area contributed by atoms with Gasteiger partial charge in [-0.2, -0.15) is 0 Å². The van der Waals surface area contributed by atoms with E-state index in [2.05, 4.69) is 28.3 Å². The maximum atomic E-state index is 13.7. The van der Waals surface area contributed by atoms with Gasteiger partial charge in [0.2, 0.25) is 0 Å². The molecule has 3 N–H and O–H groups in total. The largest absolute Gasteiger partial charge is 0.271 e. The summed E-state index contributed by atoms with van der Waals surface area (Å²) in [6.07, 6.45) is 3.21. The van der Waals surface area contributed by atoms with Gasteiger partial charge in [0.15, 0.2) is 0 Å². The molecule has 1 saturated carbocycles. The number of hydrogen-bond donors (Lipinski definition) is 2. The van der Waals surface area contributed by atoms with E-state index in [-0.39, 0.29) is 11.9 Å². The molecule has 0 radical (unpaired) electrons. The summed E-state index contributed by atoms with van der Waals surface area (Å²) in [5.41, 5.74) is 3.56. The van der Waals surface area contributed by atoms with Crippen molar-refractivity contribution in [2.24, 2.45) is 17.7 Å². The Kier molecular flexibility index (Phi) is 4.17. The van der Waals surface area contributed by atoms with Crippen molar-refractivity contribution in [1.29, 1.82) is 0 Å². The number of nitrogens with two attached hydrogens (primary N) is 1. The second-order valence-electron chi connectivity index (χ2n) is 4.91. The molecular formula is C13H18BrFN2. The van der Waals surface area contributed by atoms with Crippen LogP contribution in [0.2, 0.25) is 0 Å². The van der Waals surface area contributed by atoms with E-state index in [1.54, 1.807) is 0 Å². The normalized spacial score (nSPS) is 19.1. The predicted octanol–water partition coefficient (Wildman–Crippen LogP) is 3.01. The van der Waals surface area contributed by atoms with Crippen molar-refractivity contribution in [2.75, 3.05) is 0 Å². The molecular weight excluding hydrogens is 283 g/mol. The lowest BCUT2D eigenvalue weighted by molar-refractivity contribution is 0.340. The smallest absolute Gasteiger partial charge is 0.127 e. The number of halogens is 2. The zero-order valence-corrected chi connectivity index (χ0v) is 11.5. The lowest BCUT2D eigenvalue weighted by atomic mass is 9.91. The van der Waals surface area contributed by atoms with Crippen molar-refractivity contribution in [1.82, 2.24) is 5.43 Å². The first-order valence-corrected chi connectivity index (χ1v) is 6.81. The van der Waals surface area contributed by atoms with Gasteiger partial charge in [-0.1, -0.05) is 28.9 Å². The molecule has 2 atom stereocenters. The molecule has 17 heavy (non-hydrogen) atoms. The monoisotopic (exact) mass is 300 g/mol. The van der Waals surface area contributed by atoms with E-state index < -0.39 is 0 Å².